The summed E-state index contributed by atoms with van der Waals surface area (Å²) in [5.74, 6) is 0. The quantitative estimate of drug-likeness (QED) is 0.566. The van der Waals surface area contributed by atoms with Gasteiger partial charge in [-0.3, -0.25) is 0 Å². The third kappa shape index (κ3) is 3.99. The van der Waals surface area contributed by atoms with E-state index in [1.54, 1.807) is 0 Å². The van der Waals surface area contributed by atoms with Crippen LogP contribution in [0.15, 0.2) is 78.9 Å². The van der Waals surface area contributed by atoms with Crippen molar-refractivity contribution in [2.24, 2.45) is 0 Å². The summed E-state index contributed by atoms with van der Waals surface area (Å²) in [6.07, 6.45) is 3.06. The fraction of sp³-hybridized carbons (Fsp3) is 0.143. The molecule has 0 nitrogen and oxygen atoms in total. The molecule has 0 N–H and O–H groups in total. The summed E-state index contributed by atoms with van der Waals surface area (Å²) in [5, 5.41) is 0.815. The van der Waals surface area contributed by atoms with Crippen LogP contribution < -0.4 is 0 Å². The van der Waals surface area contributed by atoms with E-state index < -0.39 is 0 Å². The summed E-state index contributed by atoms with van der Waals surface area (Å²) >= 11 is 6.07. The molecule has 0 amide bonds. The van der Waals surface area contributed by atoms with E-state index in [4.69, 9.17) is 11.6 Å². The minimum Gasteiger partial charge on any atom is -0.0843 e. The molecule has 0 aliphatic heterocycles. The first-order chi connectivity index (χ1) is 10.8. The molecule has 1 heteroatoms. The summed E-state index contributed by atoms with van der Waals surface area (Å²) < 4.78 is 0. The van der Waals surface area contributed by atoms with Crippen LogP contribution in [0.4, 0.5) is 0 Å². The minimum absolute atomic E-state index is 0.815. The first-order valence-corrected chi connectivity index (χ1v) is 8.04. The molecule has 0 bridgehead atoms. The maximum absolute atomic E-state index is 6.07. The highest BCUT2D eigenvalue weighted by atomic mass is 35.5. The predicted octanol–water partition coefficient (Wildman–Crippen LogP) is 5.72. The molecule has 3 aromatic rings. The van der Waals surface area contributed by atoms with Crippen molar-refractivity contribution in [2.45, 2.75) is 19.3 Å². The molecule has 0 radical (unpaired) electrons. The van der Waals surface area contributed by atoms with Gasteiger partial charge in [-0.2, -0.15) is 0 Å². The van der Waals surface area contributed by atoms with E-state index in [0.717, 1.165) is 24.3 Å². The predicted molar refractivity (Wildman–Crippen MR) is 94.6 cm³/mol. The fourth-order valence-corrected chi connectivity index (χ4v) is 2.97. The van der Waals surface area contributed by atoms with Gasteiger partial charge in [0.05, 0.1) is 0 Å². The zero-order chi connectivity index (χ0) is 15.2. The molecule has 3 aromatic carbocycles. The molecular weight excluding hydrogens is 288 g/mol. The maximum atomic E-state index is 6.07. The fourth-order valence-electron chi connectivity index (χ4n) is 2.76. The smallest absolute Gasteiger partial charge is 0.0408 e. The van der Waals surface area contributed by atoms with Gasteiger partial charge in [-0.1, -0.05) is 78.3 Å². The van der Waals surface area contributed by atoms with Gasteiger partial charge < -0.3 is 0 Å². The van der Waals surface area contributed by atoms with Crippen LogP contribution in [0.3, 0.4) is 0 Å². The maximum Gasteiger partial charge on any atom is 0.0408 e. The molecule has 0 unspecified atom stereocenters. The molecule has 0 aromatic heterocycles. The third-order valence-corrected chi connectivity index (χ3v) is 4.16. The van der Waals surface area contributed by atoms with Crippen molar-refractivity contribution >= 4 is 11.6 Å². The minimum atomic E-state index is 0.815. The van der Waals surface area contributed by atoms with Gasteiger partial charge in [-0.15, -0.1) is 0 Å². The number of benzene rings is 3. The van der Waals surface area contributed by atoms with Crippen LogP contribution in [0.25, 0.3) is 0 Å². The first-order valence-electron chi connectivity index (χ1n) is 7.66. The van der Waals surface area contributed by atoms with Gasteiger partial charge in [0, 0.05) is 5.02 Å². The molecule has 0 saturated heterocycles. The molecule has 0 fully saturated rings. The average Bonchev–Trinajstić information content (AvgIpc) is 2.55. The largest absolute Gasteiger partial charge is 0.0843 e. The van der Waals surface area contributed by atoms with Crippen molar-refractivity contribution in [3.8, 4) is 0 Å². The Morgan fingerprint density at radius 2 is 1.27 bits per heavy atom. The van der Waals surface area contributed by atoms with Crippen molar-refractivity contribution in [3.05, 3.63) is 106 Å². The lowest BCUT2D eigenvalue weighted by molar-refractivity contribution is 0.937. The Bertz CT molecular complexity index is 732. The van der Waals surface area contributed by atoms with Crippen LogP contribution >= 0.6 is 11.6 Å². The molecule has 0 heterocycles. The van der Waals surface area contributed by atoms with Crippen molar-refractivity contribution in [1.29, 1.82) is 0 Å². The zero-order valence-electron chi connectivity index (χ0n) is 12.5. The summed E-state index contributed by atoms with van der Waals surface area (Å²) in [7, 11) is 0. The number of halogens is 1. The van der Waals surface area contributed by atoms with Crippen LogP contribution in [-0.4, -0.2) is 0 Å². The van der Waals surface area contributed by atoms with E-state index in [0.29, 0.717) is 0 Å². The SMILES string of the molecule is Clc1cccc(CCc2ccccc2Cc2ccccc2)c1. The summed E-state index contributed by atoms with van der Waals surface area (Å²) in [6, 6.07) is 27.5. The normalized spacial score (nSPS) is 10.6. The molecule has 0 atom stereocenters. The Balaban J connectivity index is 1.74. The van der Waals surface area contributed by atoms with Gasteiger partial charge in [-0.25, -0.2) is 0 Å². The van der Waals surface area contributed by atoms with Crippen LogP contribution in [0, 0.1) is 0 Å². The van der Waals surface area contributed by atoms with Gasteiger partial charge in [0.15, 0.2) is 0 Å². The van der Waals surface area contributed by atoms with Crippen LogP contribution in [-0.2, 0) is 19.3 Å². The Labute approximate surface area is 137 Å². The topological polar surface area (TPSA) is 0 Å². The van der Waals surface area contributed by atoms with Crippen LogP contribution in [0.1, 0.15) is 22.3 Å². The highest BCUT2D eigenvalue weighted by Gasteiger charge is 2.04. The van der Waals surface area contributed by atoms with E-state index in [-0.39, 0.29) is 0 Å². The molecule has 22 heavy (non-hydrogen) atoms. The molecule has 0 spiro atoms. The molecule has 3 rings (SSSR count). The Kier molecular flexibility index (Phi) is 4.92. The van der Waals surface area contributed by atoms with Crippen LogP contribution in [0.5, 0.6) is 0 Å². The van der Waals surface area contributed by atoms with Gasteiger partial charge in [-0.05, 0) is 53.6 Å². The van der Waals surface area contributed by atoms with Crippen molar-refractivity contribution < 1.29 is 0 Å². The highest BCUT2D eigenvalue weighted by Crippen LogP contribution is 2.18. The first kappa shape index (κ1) is 14.9. The summed E-state index contributed by atoms with van der Waals surface area (Å²) in [6.45, 7) is 0. The lowest BCUT2D eigenvalue weighted by atomic mass is 9.95. The molecule has 110 valence electrons. The molecule has 0 aliphatic carbocycles. The third-order valence-electron chi connectivity index (χ3n) is 3.93. The second kappa shape index (κ2) is 7.29. The highest BCUT2D eigenvalue weighted by molar-refractivity contribution is 6.30. The number of rotatable bonds is 5. The van der Waals surface area contributed by atoms with E-state index in [1.807, 2.05) is 12.1 Å². The summed E-state index contributed by atoms with van der Waals surface area (Å²) in [5.41, 5.74) is 5.49. The number of hydrogen-bond donors (Lipinski definition) is 0. The van der Waals surface area contributed by atoms with Crippen molar-refractivity contribution in [2.75, 3.05) is 0 Å². The lowest BCUT2D eigenvalue weighted by Gasteiger charge is -2.10. The second-order valence-electron chi connectivity index (χ2n) is 5.56. The monoisotopic (exact) mass is 306 g/mol. The van der Waals surface area contributed by atoms with Gasteiger partial charge >= 0.3 is 0 Å². The Morgan fingerprint density at radius 3 is 2.05 bits per heavy atom. The van der Waals surface area contributed by atoms with E-state index in [2.05, 4.69) is 66.7 Å². The Hall–Kier alpha value is -2.05. The standard InChI is InChI=1S/C21H19Cl/c22-21-12-6-9-18(16-21)13-14-19-10-4-5-11-20(19)15-17-7-2-1-3-8-17/h1-12,16H,13-15H2. The number of aryl methyl sites for hydroxylation is 2. The van der Waals surface area contributed by atoms with E-state index >= 15 is 0 Å². The van der Waals surface area contributed by atoms with Gasteiger partial charge in [0.2, 0.25) is 0 Å². The van der Waals surface area contributed by atoms with Gasteiger partial charge in [0.1, 0.15) is 0 Å². The van der Waals surface area contributed by atoms with E-state index in [9.17, 15) is 0 Å². The van der Waals surface area contributed by atoms with E-state index in [1.165, 1.54) is 22.3 Å². The average molecular weight is 307 g/mol. The molecule has 0 saturated carbocycles. The van der Waals surface area contributed by atoms with Gasteiger partial charge in [0.25, 0.3) is 0 Å². The molecular formula is C21H19Cl. The lowest BCUT2D eigenvalue weighted by Crippen LogP contribution is -1.98. The summed E-state index contributed by atoms with van der Waals surface area (Å²) in [4.78, 5) is 0. The zero-order valence-corrected chi connectivity index (χ0v) is 13.3. The number of hydrogen-bond acceptors (Lipinski definition) is 0. The second-order valence-corrected chi connectivity index (χ2v) is 6.00. The molecule has 0 aliphatic rings. The van der Waals surface area contributed by atoms with Crippen molar-refractivity contribution in [3.63, 3.8) is 0 Å². The Morgan fingerprint density at radius 1 is 0.591 bits per heavy atom. The van der Waals surface area contributed by atoms with Crippen molar-refractivity contribution in [1.82, 2.24) is 0 Å². The van der Waals surface area contributed by atoms with Crippen LogP contribution in [0.2, 0.25) is 5.02 Å².